The summed E-state index contributed by atoms with van der Waals surface area (Å²) in [6.45, 7) is 3.47. The summed E-state index contributed by atoms with van der Waals surface area (Å²) in [5, 5.41) is 9.08. The molecule has 0 N–H and O–H groups in total. The molecule has 116 valence electrons. The SMILES string of the molecule is C=CCOC(=O)/C(C#N)=C/c1cc(OC)c(OC)c(OC)c1. The second kappa shape index (κ2) is 8.37. The molecule has 1 rings (SSSR count). The number of esters is 1. The van der Waals surface area contributed by atoms with E-state index >= 15 is 0 Å². The number of nitrogens with zero attached hydrogens (tertiary/aromatic N) is 1. The molecule has 0 saturated carbocycles. The maximum absolute atomic E-state index is 11.7. The highest BCUT2D eigenvalue weighted by Gasteiger charge is 2.15. The second-order valence-corrected chi connectivity index (χ2v) is 4.02. The van der Waals surface area contributed by atoms with Crippen LogP contribution in [0.4, 0.5) is 0 Å². The molecule has 22 heavy (non-hydrogen) atoms. The third-order valence-electron chi connectivity index (χ3n) is 2.67. The van der Waals surface area contributed by atoms with Gasteiger partial charge in [0.05, 0.1) is 21.3 Å². The van der Waals surface area contributed by atoms with Gasteiger partial charge in [0, 0.05) is 0 Å². The summed E-state index contributed by atoms with van der Waals surface area (Å²) in [5.74, 6) is 0.542. The van der Waals surface area contributed by atoms with Crippen molar-refractivity contribution in [3.05, 3.63) is 35.9 Å². The predicted molar refractivity (Wildman–Crippen MR) is 80.8 cm³/mol. The number of carbonyl (C=O) groups excluding carboxylic acids is 1. The highest BCUT2D eigenvalue weighted by Crippen LogP contribution is 2.38. The molecule has 0 spiro atoms. The van der Waals surface area contributed by atoms with E-state index in [-0.39, 0.29) is 12.2 Å². The van der Waals surface area contributed by atoms with E-state index in [9.17, 15) is 4.79 Å². The van der Waals surface area contributed by atoms with Crippen molar-refractivity contribution in [2.75, 3.05) is 27.9 Å². The van der Waals surface area contributed by atoms with Gasteiger partial charge < -0.3 is 18.9 Å². The lowest BCUT2D eigenvalue weighted by Crippen LogP contribution is -2.06. The van der Waals surface area contributed by atoms with Crippen LogP contribution in [0.25, 0.3) is 6.08 Å². The highest BCUT2D eigenvalue weighted by atomic mass is 16.5. The molecule has 1 aromatic carbocycles. The molecular formula is C16H17NO5. The fourth-order valence-electron chi connectivity index (χ4n) is 1.70. The maximum atomic E-state index is 11.7. The van der Waals surface area contributed by atoms with Crippen LogP contribution in [0.15, 0.2) is 30.4 Å². The van der Waals surface area contributed by atoms with E-state index < -0.39 is 5.97 Å². The minimum absolute atomic E-state index is 0.0348. The van der Waals surface area contributed by atoms with Crippen LogP contribution < -0.4 is 14.2 Å². The Labute approximate surface area is 129 Å². The number of hydrogen-bond donors (Lipinski definition) is 0. The summed E-state index contributed by atoms with van der Waals surface area (Å²) >= 11 is 0. The van der Waals surface area contributed by atoms with E-state index in [1.165, 1.54) is 33.5 Å². The molecule has 1 aromatic rings. The van der Waals surface area contributed by atoms with Crippen LogP contribution in [0, 0.1) is 11.3 Å². The third kappa shape index (κ3) is 4.03. The molecular weight excluding hydrogens is 286 g/mol. The number of benzene rings is 1. The summed E-state index contributed by atoms with van der Waals surface area (Å²) in [7, 11) is 4.45. The first-order valence-corrected chi connectivity index (χ1v) is 6.31. The summed E-state index contributed by atoms with van der Waals surface area (Å²) in [6, 6.07) is 5.05. The molecule has 0 aliphatic carbocycles. The quantitative estimate of drug-likeness (QED) is 0.333. The van der Waals surface area contributed by atoms with E-state index in [4.69, 9.17) is 24.2 Å². The molecule has 0 fully saturated rings. The lowest BCUT2D eigenvalue weighted by Gasteiger charge is -2.13. The topological polar surface area (TPSA) is 77.8 Å². The van der Waals surface area contributed by atoms with Crippen LogP contribution in [0.2, 0.25) is 0 Å². The molecule has 0 aromatic heterocycles. The predicted octanol–water partition coefficient (Wildman–Crippen LogP) is 2.35. The zero-order chi connectivity index (χ0) is 16.5. The van der Waals surface area contributed by atoms with E-state index in [2.05, 4.69) is 6.58 Å². The van der Waals surface area contributed by atoms with Crippen LogP contribution in [0.1, 0.15) is 5.56 Å². The Bertz CT molecular complexity index is 603. The van der Waals surface area contributed by atoms with Crippen LogP contribution in [0.3, 0.4) is 0 Å². The van der Waals surface area contributed by atoms with Gasteiger partial charge in [0.25, 0.3) is 0 Å². The molecule has 0 amide bonds. The van der Waals surface area contributed by atoms with Gasteiger partial charge in [-0.25, -0.2) is 4.79 Å². The normalized spacial score (nSPS) is 10.4. The van der Waals surface area contributed by atoms with Gasteiger partial charge >= 0.3 is 5.97 Å². The molecule has 0 unspecified atom stereocenters. The minimum Gasteiger partial charge on any atom is -0.493 e. The Kier molecular flexibility index (Phi) is 6.51. The summed E-state index contributed by atoms with van der Waals surface area (Å²) in [4.78, 5) is 11.7. The number of methoxy groups -OCH3 is 3. The van der Waals surface area contributed by atoms with E-state index in [0.29, 0.717) is 22.8 Å². The number of carbonyl (C=O) groups is 1. The fourth-order valence-corrected chi connectivity index (χ4v) is 1.70. The first kappa shape index (κ1) is 17.1. The summed E-state index contributed by atoms with van der Waals surface area (Å²) in [5.41, 5.74) is 0.401. The molecule has 0 atom stereocenters. The van der Waals surface area contributed by atoms with Gasteiger partial charge in [-0.15, -0.1) is 0 Å². The second-order valence-electron chi connectivity index (χ2n) is 4.02. The molecule has 0 aliphatic rings. The number of hydrogen-bond acceptors (Lipinski definition) is 6. The maximum Gasteiger partial charge on any atom is 0.349 e. The Hall–Kier alpha value is -2.94. The van der Waals surface area contributed by atoms with Gasteiger partial charge in [-0.3, -0.25) is 0 Å². The van der Waals surface area contributed by atoms with Crippen molar-refractivity contribution < 1.29 is 23.7 Å². The molecule has 0 saturated heterocycles. The fraction of sp³-hybridized carbons (Fsp3) is 0.250. The van der Waals surface area contributed by atoms with Crippen molar-refractivity contribution in [1.82, 2.24) is 0 Å². The minimum atomic E-state index is -0.726. The Morgan fingerprint density at radius 2 is 1.82 bits per heavy atom. The largest absolute Gasteiger partial charge is 0.493 e. The van der Waals surface area contributed by atoms with Crippen LogP contribution >= 0.6 is 0 Å². The van der Waals surface area contributed by atoms with Gasteiger partial charge in [0.2, 0.25) is 5.75 Å². The smallest absolute Gasteiger partial charge is 0.349 e. The van der Waals surface area contributed by atoms with Crippen molar-refractivity contribution in [2.24, 2.45) is 0 Å². The molecule has 6 heteroatoms. The van der Waals surface area contributed by atoms with Crippen LogP contribution in [-0.4, -0.2) is 33.9 Å². The number of ether oxygens (including phenoxy) is 4. The lowest BCUT2D eigenvalue weighted by atomic mass is 10.1. The first-order valence-electron chi connectivity index (χ1n) is 6.31. The van der Waals surface area contributed by atoms with Gasteiger partial charge in [-0.1, -0.05) is 12.7 Å². The lowest BCUT2D eigenvalue weighted by molar-refractivity contribution is -0.137. The van der Waals surface area contributed by atoms with E-state index in [1.807, 2.05) is 0 Å². The molecule has 0 heterocycles. The molecule has 0 bridgehead atoms. The first-order chi connectivity index (χ1) is 10.6. The van der Waals surface area contributed by atoms with Crippen LogP contribution in [-0.2, 0) is 9.53 Å². The Morgan fingerprint density at radius 1 is 1.23 bits per heavy atom. The Morgan fingerprint density at radius 3 is 2.23 bits per heavy atom. The van der Waals surface area contributed by atoms with Crippen LogP contribution in [0.5, 0.6) is 17.2 Å². The van der Waals surface area contributed by atoms with Crippen molar-refractivity contribution in [3.63, 3.8) is 0 Å². The monoisotopic (exact) mass is 303 g/mol. The highest BCUT2D eigenvalue weighted by molar-refractivity contribution is 5.98. The summed E-state index contributed by atoms with van der Waals surface area (Å²) in [6.07, 6.45) is 2.81. The van der Waals surface area contributed by atoms with Crippen molar-refractivity contribution in [2.45, 2.75) is 0 Å². The van der Waals surface area contributed by atoms with Gasteiger partial charge in [-0.2, -0.15) is 5.26 Å². The van der Waals surface area contributed by atoms with E-state index in [1.54, 1.807) is 18.2 Å². The van der Waals surface area contributed by atoms with E-state index in [0.717, 1.165) is 0 Å². The molecule has 0 aliphatic heterocycles. The third-order valence-corrected chi connectivity index (χ3v) is 2.67. The van der Waals surface area contributed by atoms with Gasteiger partial charge in [0.1, 0.15) is 18.2 Å². The number of nitriles is 1. The van der Waals surface area contributed by atoms with Crippen molar-refractivity contribution in [3.8, 4) is 23.3 Å². The van der Waals surface area contributed by atoms with Gasteiger partial charge in [0.15, 0.2) is 11.5 Å². The zero-order valence-electron chi connectivity index (χ0n) is 12.7. The number of rotatable bonds is 7. The van der Waals surface area contributed by atoms with Gasteiger partial charge in [-0.05, 0) is 23.8 Å². The Balaban J connectivity index is 3.25. The molecule has 6 nitrogen and oxygen atoms in total. The zero-order valence-corrected chi connectivity index (χ0v) is 12.7. The average Bonchev–Trinajstić information content (AvgIpc) is 2.56. The van der Waals surface area contributed by atoms with Crippen molar-refractivity contribution >= 4 is 12.0 Å². The average molecular weight is 303 g/mol. The van der Waals surface area contributed by atoms with Crippen molar-refractivity contribution in [1.29, 1.82) is 5.26 Å². The standard InChI is InChI=1S/C16H17NO5/c1-5-6-22-16(18)12(10-17)7-11-8-13(19-2)15(21-4)14(9-11)20-3/h5,7-9H,1,6H2,2-4H3/b12-7+. The summed E-state index contributed by atoms with van der Waals surface area (Å²) < 4.78 is 20.5. The molecule has 0 radical (unpaired) electrons.